The van der Waals surface area contributed by atoms with Crippen molar-refractivity contribution in [3.63, 3.8) is 0 Å². The lowest BCUT2D eigenvalue weighted by molar-refractivity contribution is -0.135. The molecule has 0 spiro atoms. The molecule has 1 fully saturated rings. The fraction of sp³-hybridized carbons (Fsp3) is 0.500. The van der Waals surface area contributed by atoms with Gasteiger partial charge >= 0.3 is 0 Å². The standard InChI is InChI=1S/C14H19ClFN3O/c1-18(2)14(20)12-8-17-6-7-19(12)9-10-4-3-5-11(16)13(10)15/h3-5,12,17H,6-9H2,1-2H3. The van der Waals surface area contributed by atoms with Crippen LogP contribution >= 0.6 is 11.6 Å². The van der Waals surface area contributed by atoms with Gasteiger partial charge in [0.15, 0.2) is 0 Å². The Hall–Kier alpha value is -1.17. The van der Waals surface area contributed by atoms with Gasteiger partial charge in [0, 0.05) is 40.3 Å². The second kappa shape index (κ2) is 6.52. The molecule has 20 heavy (non-hydrogen) atoms. The van der Waals surface area contributed by atoms with Crippen LogP contribution in [0.25, 0.3) is 0 Å². The Labute approximate surface area is 123 Å². The average molecular weight is 300 g/mol. The lowest BCUT2D eigenvalue weighted by Crippen LogP contribution is -2.57. The number of hydrogen-bond acceptors (Lipinski definition) is 3. The Morgan fingerprint density at radius 1 is 1.55 bits per heavy atom. The zero-order valence-electron chi connectivity index (χ0n) is 11.7. The molecule has 1 atom stereocenters. The molecule has 1 amide bonds. The van der Waals surface area contributed by atoms with Crippen LogP contribution in [-0.4, -0.2) is 55.5 Å². The third-order valence-electron chi connectivity index (χ3n) is 3.49. The van der Waals surface area contributed by atoms with Crippen LogP contribution < -0.4 is 5.32 Å². The van der Waals surface area contributed by atoms with E-state index >= 15 is 0 Å². The summed E-state index contributed by atoms with van der Waals surface area (Å²) >= 11 is 5.99. The third kappa shape index (κ3) is 3.29. The lowest BCUT2D eigenvalue weighted by Gasteiger charge is -2.36. The van der Waals surface area contributed by atoms with Gasteiger partial charge in [-0.05, 0) is 11.6 Å². The fourth-order valence-electron chi connectivity index (χ4n) is 2.37. The van der Waals surface area contributed by atoms with E-state index in [0.29, 0.717) is 18.7 Å². The highest BCUT2D eigenvalue weighted by molar-refractivity contribution is 6.31. The predicted octanol–water partition coefficient (Wildman–Crippen LogP) is 1.34. The fourth-order valence-corrected chi connectivity index (χ4v) is 2.55. The summed E-state index contributed by atoms with van der Waals surface area (Å²) in [5, 5.41) is 3.36. The molecular weight excluding hydrogens is 281 g/mol. The average Bonchev–Trinajstić information content (AvgIpc) is 2.43. The van der Waals surface area contributed by atoms with E-state index in [1.807, 2.05) is 4.90 Å². The summed E-state index contributed by atoms with van der Waals surface area (Å²) in [6.07, 6.45) is 0. The molecule has 110 valence electrons. The second-order valence-corrected chi connectivity index (χ2v) is 5.51. The van der Waals surface area contributed by atoms with Crippen LogP contribution in [-0.2, 0) is 11.3 Å². The van der Waals surface area contributed by atoms with Crippen molar-refractivity contribution in [3.05, 3.63) is 34.6 Å². The number of halogens is 2. The molecule has 1 aromatic carbocycles. The van der Waals surface area contributed by atoms with Gasteiger partial charge in [0.2, 0.25) is 5.91 Å². The number of carbonyl (C=O) groups excluding carboxylic acids is 1. The summed E-state index contributed by atoms with van der Waals surface area (Å²) in [5.41, 5.74) is 0.713. The number of carbonyl (C=O) groups is 1. The summed E-state index contributed by atoms with van der Waals surface area (Å²) in [6.45, 7) is 2.62. The van der Waals surface area contributed by atoms with E-state index in [0.717, 1.165) is 13.1 Å². The maximum atomic E-state index is 13.5. The topological polar surface area (TPSA) is 35.6 Å². The van der Waals surface area contributed by atoms with Crippen LogP contribution in [0.2, 0.25) is 5.02 Å². The number of rotatable bonds is 3. The highest BCUT2D eigenvalue weighted by atomic mass is 35.5. The highest BCUT2D eigenvalue weighted by Crippen LogP contribution is 2.22. The van der Waals surface area contributed by atoms with Crippen molar-refractivity contribution < 1.29 is 9.18 Å². The van der Waals surface area contributed by atoms with Gasteiger partial charge in [0.25, 0.3) is 0 Å². The maximum absolute atomic E-state index is 13.5. The Balaban J connectivity index is 2.16. The first kappa shape index (κ1) is 15.2. The van der Waals surface area contributed by atoms with E-state index < -0.39 is 5.82 Å². The van der Waals surface area contributed by atoms with Crippen molar-refractivity contribution >= 4 is 17.5 Å². The molecule has 0 aliphatic carbocycles. The molecule has 2 rings (SSSR count). The molecular formula is C14H19ClFN3O. The Kier molecular flexibility index (Phi) is 4.96. The summed E-state index contributed by atoms with van der Waals surface area (Å²) < 4.78 is 13.5. The Morgan fingerprint density at radius 2 is 2.30 bits per heavy atom. The monoisotopic (exact) mass is 299 g/mol. The molecule has 0 aromatic heterocycles. The second-order valence-electron chi connectivity index (χ2n) is 5.14. The van der Waals surface area contributed by atoms with E-state index in [4.69, 9.17) is 11.6 Å². The number of benzene rings is 1. The first-order valence-corrected chi connectivity index (χ1v) is 6.97. The molecule has 1 N–H and O–H groups in total. The normalized spacial score (nSPS) is 19.9. The van der Waals surface area contributed by atoms with Crippen molar-refractivity contribution in [1.29, 1.82) is 0 Å². The first-order chi connectivity index (χ1) is 9.50. The molecule has 1 heterocycles. The molecule has 1 aromatic rings. The van der Waals surface area contributed by atoms with Crippen molar-refractivity contribution in [2.75, 3.05) is 33.7 Å². The highest BCUT2D eigenvalue weighted by Gasteiger charge is 2.30. The maximum Gasteiger partial charge on any atom is 0.240 e. The van der Waals surface area contributed by atoms with Gasteiger partial charge in [0.05, 0.1) is 5.02 Å². The van der Waals surface area contributed by atoms with Crippen LogP contribution in [0.3, 0.4) is 0 Å². The molecule has 1 saturated heterocycles. The minimum atomic E-state index is -0.421. The molecule has 1 aliphatic heterocycles. The minimum Gasteiger partial charge on any atom is -0.347 e. The molecule has 0 bridgehead atoms. The smallest absolute Gasteiger partial charge is 0.240 e. The number of amides is 1. The Bertz CT molecular complexity index is 495. The van der Waals surface area contributed by atoms with Crippen LogP contribution in [0.5, 0.6) is 0 Å². The van der Waals surface area contributed by atoms with E-state index in [1.54, 1.807) is 31.1 Å². The van der Waals surface area contributed by atoms with E-state index in [9.17, 15) is 9.18 Å². The van der Waals surface area contributed by atoms with Crippen LogP contribution in [0.4, 0.5) is 4.39 Å². The van der Waals surface area contributed by atoms with Gasteiger partial charge in [-0.3, -0.25) is 9.69 Å². The molecule has 0 saturated carbocycles. The van der Waals surface area contributed by atoms with Gasteiger partial charge < -0.3 is 10.2 Å². The SMILES string of the molecule is CN(C)C(=O)C1CNCCN1Cc1cccc(F)c1Cl. The van der Waals surface area contributed by atoms with Gasteiger partial charge in [-0.2, -0.15) is 0 Å². The van der Waals surface area contributed by atoms with Gasteiger partial charge in [0.1, 0.15) is 11.9 Å². The van der Waals surface area contributed by atoms with E-state index in [1.165, 1.54) is 6.07 Å². The van der Waals surface area contributed by atoms with Crippen molar-refractivity contribution in [2.45, 2.75) is 12.6 Å². The zero-order chi connectivity index (χ0) is 14.7. The number of piperazine rings is 1. The Morgan fingerprint density at radius 3 is 3.00 bits per heavy atom. The van der Waals surface area contributed by atoms with Crippen molar-refractivity contribution in [3.8, 4) is 0 Å². The number of nitrogens with one attached hydrogen (secondary N) is 1. The van der Waals surface area contributed by atoms with E-state index in [-0.39, 0.29) is 17.0 Å². The summed E-state index contributed by atoms with van der Waals surface area (Å²) in [4.78, 5) is 15.8. The van der Waals surface area contributed by atoms with Gasteiger partial charge in [-0.15, -0.1) is 0 Å². The van der Waals surface area contributed by atoms with Crippen LogP contribution in [0.1, 0.15) is 5.56 Å². The minimum absolute atomic E-state index is 0.0460. The van der Waals surface area contributed by atoms with Crippen molar-refractivity contribution in [2.24, 2.45) is 0 Å². The largest absolute Gasteiger partial charge is 0.347 e. The van der Waals surface area contributed by atoms with E-state index in [2.05, 4.69) is 5.32 Å². The number of likely N-dealkylation sites (N-methyl/N-ethyl adjacent to an activating group) is 1. The van der Waals surface area contributed by atoms with Crippen molar-refractivity contribution in [1.82, 2.24) is 15.1 Å². The molecule has 1 unspecified atom stereocenters. The summed E-state index contributed by atoms with van der Waals surface area (Å²) in [6, 6.07) is 4.54. The molecule has 4 nitrogen and oxygen atoms in total. The molecule has 0 radical (unpaired) electrons. The van der Waals surface area contributed by atoms with Crippen LogP contribution in [0, 0.1) is 5.82 Å². The summed E-state index contributed by atoms with van der Waals surface area (Å²) in [7, 11) is 3.48. The van der Waals surface area contributed by atoms with Gasteiger partial charge in [-0.25, -0.2) is 4.39 Å². The quantitative estimate of drug-likeness (QED) is 0.915. The lowest BCUT2D eigenvalue weighted by atomic mass is 10.1. The number of nitrogens with zero attached hydrogens (tertiary/aromatic N) is 2. The van der Waals surface area contributed by atoms with Crippen LogP contribution in [0.15, 0.2) is 18.2 Å². The zero-order valence-corrected chi connectivity index (χ0v) is 12.5. The molecule has 1 aliphatic rings. The summed E-state index contributed by atoms with van der Waals surface area (Å²) in [5.74, 6) is -0.375. The molecule has 6 heteroatoms. The predicted molar refractivity (Wildman–Crippen MR) is 77.2 cm³/mol. The third-order valence-corrected chi connectivity index (χ3v) is 3.91. The van der Waals surface area contributed by atoms with Gasteiger partial charge in [-0.1, -0.05) is 23.7 Å². The first-order valence-electron chi connectivity index (χ1n) is 6.59. The number of hydrogen-bond donors (Lipinski definition) is 1.